The van der Waals surface area contributed by atoms with Gasteiger partial charge in [-0.15, -0.1) is 0 Å². The number of hydrogen-bond donors (Lipinski definition) is 4. The molecule has 0 aliphatic carbocycles. The molecule has 0 radical (unpaired) electrons. The molecule has 0 aliphatic rings. The number of hydrogen-bond acceptors (Lipinski definition) is 7. The van der Waals surface area contributed by atoms with Crippen molar-refractivity contribution >= 4 is 28.9 Å². The fraction of sp³-hybridized carbons (Fsp3) is 0.273. The minimum absolute atomic E-state index is 0.0142. The molecule has 0 amide bonds. The molecule has 0 aromatic heterocycles. The highest BCUT2D eigenvalue weighted by molar-refractivity contribution is 6.32. The third-order valence-electron chi connectivity index (χ3n) is 2.56. The van der Waals surface area contributed by atoms with Gasteiger partial charge in [0.05, 0.1) is 18.7 Å². The normalized spacial score (nSPS) is 14.9. The molecule has 2 unspecified atom stereocenters. The molecule has 0 aliphatic heterocycles. The van der Waals surface area contributed by atoms with E-state index in [1.54, 1.807) is 6.07 Å². The highest BCUT2D eigenvalue weighted by Crippen LogP contribution is 2.30. The fourth-order valence-electron chi connectivity index (χ4n) is 1.65. The van der Waals surface area contributed by atoms with Gasteiger partial charge in [0.15, 0.2) is 17.3 Å². The summed E-state index contributed by atoms with van der Waals surface area (Å²) in [6, 6.07) is 3.43. The Balaban J connectivity index is 3.43. The minimum Gasteiger partial charge on any atom is -0.595 e. The van der Waals surface area contributed by atoms with E-state index in [0.717, 1.165) is 12.1 Å². The summed E-state index contributed by atoms with van der Waals surface area (Å²) in [5.74, 6) is -2.43. The Hall–Kier alpha value is -1.77. The van der Waals surface area contributed by atoms with E-state index in [1.807, 2.05) is 0 Å². The van der Waals surface area contributed by atoms with Crippen molar-refractivity contribution in [2.24, 2.45) is 0 Å². The first-order chi connectivity index (χ1) is 9.83. The smallest absolute Gasteiger partial charge is 0.328 e. The Labute approximate surface area is 124 Å². The summed E-state index contributed by atoms with van der Waals surface area (Å²) in [6.45, 7) is 1.55. The first kappa shape index (κ1) is 17.3. The second-order valence-electron chi connectivity index (χ2n) is 3.84. The second kappa shape index (κ2) is 7.30. The number of esters is 1. The van der Waals surface area contributed by atoms with Crippen LogP contribution in [0.15, 0.2) is 12.1 Å². The topological polar surface area (TPSA) is 146 Å². The van der Waals surface area contributed by atoms with Crippen molar-refractivity contribution in [2.45, 2.75) is 12.8 Å². The number of carbonyl (C=O) groups excluding carboxylic acids is 1. The van der Waals surface area contributed by atoms with Gasteiger partial charge in [-0.1, -0.05) is 11.6 Å². The van der Waals surface area contributed by atoms with E-state index < -0.39 is 33.7 Å². The van der Waals surface area contributed by atoms with Gasteiger partial charge in [0.25, 0.3) is 0 Å². The number of nitriles is 1. The number of nitrogens with zero attached hydrogens (tertiary/aromatic N) is 1. The molecule has 3 atom stereocenters. The van der Waals surface area contributed by atoms with Crippen LogP contribution < -0.4 is 10.5 Å². The molecule has 9 nitrogen and oxygen atoms in total. The molecule has 0 heterocycles. The van der Waals surface area contributed by atoms with Crippen LogP contribution in [-0.4, -0.2) is 23.0 Å². The molecule has 1 aromatic carbocycles. The summed E-state index contributed by atoms with van der Waals surface area (Å²) in [5.41, 5.74) is -1.13. The molecule has 0 bridgehead atoms. The average Bonchev–Trinajstić information content (AvgIpc) is 2.39. The lowest BCUT2D eigenvalue weighted by Crippen LogP contribution is -3.01. The Morgan fingerprint density at radius 2 is 2.00 bits per heavy atom. The molecule has 114 valence electrons. The number of rotatable bonds is 5. The zero-order valence-corrected chi connectivity index (χ0v) is 11.5. The molecular weight excluding hydrogens is 306 g/mol. The number of benzene rings is 1. The largest absolute Gasteiger partial charge is 0.595 e. The lowest BCUT2D eigenvalue weighted by Gasteiger charge is -2.20. The van der Waals surface area contributed by atoms with Crippen LogP contribution in [0.2, 0.25) is 5.02 Å². The third-order valence-corrected chi connectivity index (χ3v) is 2.88. The molecule has 0 fully saturated rings. The summed E-state index contributed by atoms with van der Waals surface area (Å²) >= 11 is 5.75. The van der Waals surface area contributed by atoms with Crippen molar-refractivity contribution in [3.8, 4) is 6.07 Å². The maximum absolute atomic E-state index is 11.7. The Bertz CT molecular complexity index is 572. The van der Waals surface area contributed by atoms with Gasteiger partial charge in [-0.05, 0) is 13.0 Å². The van der Waals surface area contributed by atoms with Crippen molar-refractivity contribution in [3.63, 3.8) is 0 Å². The van der Waals surface area contributed by atoms with Crippen molar-refractivity contribution in [2.75, 3.05) is 6.61 Å². The Morgan fingerprint density at radius 3 is 2.43 bits per heavy atom. The molecule has 21 heavy (non-hydrogen) atoms. The van der Waals surface area contributed by atoms with Gasteiger partial charge in [0.1, 0.15) is 5.02 Å². The van der Waals surface area contributed by atoms with Crippen LogP contribution >= 0.6 is 11.6 Å². The van der Waals surface area contributed by atoms with E-state index in [9.17, 15) is 15.2 Å². The minimum atomic E-state index is -1.50. The van der Waals surface area contributed by atoms with E-state index in [-0.39, 0.29) is 17.2 Å². The SMILES string of the molecule is CCOC(=O)[C@@H](C#N)c1cc(Cl)c([NH+]([O-])O)cc1[NH+]([O-])O. The lowest BCUT2D eigenvalue weighted by molar-refractivity contribution is -0.996. The third kappa shape index (κ3) is 3.87. The Kier molecular flexibility index (Phi) is 6.01. The van der Waals surface area contributed by atoms with Gasteiger partial charge < -0.3 is 15.2 Å². The summed E-state index contributed by atoms with van der Waals surface area (Å²) in [7, 11) is 0. The van der Waals surface area contributed by atoms with Crippen LogP contribution in [0.5, 0.6) is 0 Å². The zero-order chi connectivity index (χ0) is 16.2. The second-order valence-corrected chi connectivity index (χ2v) is 4.25. The molecular formula is C11H12ClN3O6. The average molecular weight is 318 g/mol. The van der Waals surface area contributed by atoms with Crippen LogP contribution in [0, 0.1) is 21.7 Å². The highest BCUT2D eigenvalue weighted by atomic mass is 35.5. The van der Waals surface area contributed by atoms with E-state index in [4.69, 9.17) is 27.3 Å². The molecule has 1 rings (SSSR count). The van der Waals surface area contributed by atoms with Crippen molar-refractivity contribution in [1.29, 1.82) is 5.26 Å². The summed E-state index contributed by atoms with van der Waals surface area (Å²) in [6.07, 6.45) is 0. The van der Waals surface area contributed by atoms with Crippen LogP contribution in [0.3, 0.4) is 0 Å². The molecule has 4 N–H and O–H groups in total. The molecule has 0 saturated carbocycles. The fourth-order valence-corrected chi connectivity index (χ4v) is 1.90. The maximum atomic E-state index is 11.7. The van der Waals surface area contributed by atoms with Gasteiger partial charge in [0.2, 0.25) is 0 Å². The number of carbonyl (C=O) groups is 1. The lowest BCUT2D eigenvalue weighted by atomic mass is 9.98. The van der Waals surface area contributed by atoms with Crippen LogP contribution in [0.4, 0.5) is 11.4 Å². The van der Waals surface area contributed by atoms with E-state index in [2.05, 4.69) is 4.74 Å². The maximum Gasteiger partial charge on any atom is 0.328 e. The van der Waals surface area contributed by atoms with Gasteiger partial charge in [-0.3, -0.25) is 4.79 Å². The predicted molar refractivity (Wildman–Crippen MR) is 68.0 cm³/mol. The molecule has 10 heteroatoms. The van der Waals surface area contributed by atoms with Crippen LogP contribution in [0.25, 0.3) is 0 Å². The number of halogens is 1. The first-order valence-electron chi connectivity index (χ1n) is 5.69. The summed E-state index contributed by atoms with van der Waals surface area (Å²) < 4.78 is 4.69. The van der Waals surface area contributed by atoms with Crippen LogP contribution in [-0.2, 0) is 9.53 Å². The number of ether oxygens (including phenoxy) is 1. The zero-order valence-electron chi connectivity index (χ0n) is 10.8. The van der Waals surface area contributed by atoms with Gasteiger partial charge in [0, 0.05) is 5.56 Å². The highest BCUT2D eigenvalue weighted by Gasteiger charge is 2.30. The van der Waals surface area contributed by atoms with Crippen molar-refractivity contribution < 1.29 is 30.4 Å². The molecule has 0 spiro atoms. The standard InChI is InChI=1S/C11H12ClN3O6/c1-2-21-11(16)7(5-13)6-3-8(12)10(15(19)20)4-9(6)14(17)18/h3-4,7,14-15,17,19H,2H2,1H3/t7-/m0/s1. The first-order valence-corrected chi connectivity index (χ1v) is 6.07. The van der Waals surface area contributed by atoms with Crippen LogP contribution in [0.1, 0.15) is 18.4 Å². The van der Waals surface area contributed by atoms with Gasteiger partial charge in [-0.25, -0.2) is 10.4 Å². The van der Waals surface area contributed by atoms with E-state index in [0.29, 0.717) is 0 Å². The van der Waals surface area contributed by atoms with E-state index in [1.165, 1.54) is 6.92 Å². The van der Waals surface area contributed by atoms with Crippen molar-refractivity contribution in [3.05, 3.63) is 33.1 Å². The van der Waals surface area contributed by atoms with Crippen molar-refractivity contribution in [1.82, 2.24) is 0 Å². The van der Waals surface area contributed by atoms with Gasteiger partial charge >= 0.3 is 5.97 Å². The predicted octanol–water partition coefficient (Wildman–Crippen LogP) is -0.683. The molecule has 1 aromatic rings. The Morgan fingerprint density at radius 1 is 1.43 bits per heavy atom. The van der Waals surface area contributed by atoms with E-state index >= 15 is 0 Å². The summed E-state index contributed by atoms with van der Waals surface area (Å²) in [4.78, 5) is 11.7. The quantitative estimate of drug-likeness (QED) is 0.415. The van der Waals surface area contributed by atoms with Gasteiger partial charge in [-0.2, -0.15) is 15.7 Å². The summed E-state index contributed by atoms with van der Waals surface area (Å²) in [5, 5.41) is 46.1. The number of quaternary nitrogens is 2. The number of nitrogens with one attached hydrogen (secondary N) is 2. The monoisotopic (exact) mass is 317 g/mol. The molecule has 0 saturated heterocycles.